The molecule has 2 aromatic rings. The van der Waals surface area contributed by atoms with Gasteiger partial charge in [-0.25, -0.2) is 0 Å². The van der Waals surface area contributed by atoms with Crippen LogP contribution in [0, 0.1) is 0 Å². The fourth-order valence-electron chi connectivity index (χ4n) is 2.05. The Bertz CT molecular complexity index is 651. The smallest absolute Gasteiger partial charge is 0.266 e. The van der Waals surface area contributed by atoms with Crippen LogP contribution in [-0.2, 0) is 0 Å². The minimum Gasteiger partial charge on any atom is -0.493 e. The van der Waals surface area contributed by atoms with Crippen LogP contribution in [0.5, 0.6) is 17.2 Å². The lowest BCUT2D eigenvalue weighted by Gasteiger charge is -2.05. The van der Waals surface area contributed by atoms with E-state index < -0.39 is 0 Å². The molecular formula is C16H16O4. The summed E-state index contributed by atoms with van der Waals surface area (Å²) in [6.45, 7) is 0. The van der Waals surface area contributed by atoms with E-state index in [4.69, 9.17) is 14.2 Å². The standard InChI is InChI=1S/C16H16O4/c1-18-13-10-9-12(11-7-5-4-6-8-11)15(19-2)14(17)16(13)20-3/h4-10H,1-3H3. The Morgan fingerprint density at radius 2 is 1.40 bits per heavy atom. The molecule has 0 aliphatic carbocycles. The summed E-state index contributed by atoms with van der Waals surface area (Å²) in [5, 5.41) is 0. The molecule has 0 spiro atoms. The Balaban J connectivity index is 2.81. The summed E-state index contributed by atoms with van der Waals surface area (Å²) >= 11 is 0. The van der Waals surface area contributed by atoms with E-state index >= 15 is 0 Å². The zero-order chi connectivity index (χ0) is 14.5. The lowest BCUT2D eigenvalue weighted by atomic mass is 10.1. The molecule has 0 saturated heterocycles. The van der Waals surface area contributed by atoms with Crippen LogP contribution < -0.4 is 19.6 Å². The molecule has 0 amide bonds. The summed E-state index contributed by atoms with van der Waals surface area (Å²) in [4.78, 5) is 12.5. The van der Waals surface area contributed by atoms with Gasteiger partial charge in [-0.1, -0.05) is 30.3 Å². The monoisotopic (exact) mass is 272 g/mol. The third-order valence-corrected chi connectivity index (χ3v) is 3.00. The quantitative estimate of drug-likeness (QED) is 0.858. The molecule has 0 radical (unpaired) electrons. The molecule has 0 fully saturated rings. The second kappa shape index (κ2) is 6.10. The van der Waals surface area contributed by atoms with E-state index in [0.29, 0.717) is 11.3 Å². The van der Waals surface area contributed by atoms with Gasteiger partial charge in [-0.2, -0.15) is 0 Å². The van der Waals surface area contributed by atoms with Gasteiger partial charge in [0.05, 0.1) is 21.3 Å². The summed E-state index contributed by atoms with van der Waals surface area (Å²) in [6.07, 6.45) is 0. The third kappa shape index (κ3) is 2.45. The molecule has 4 heteroatoms. The van der Waals surface area contributed by atoms with Gasteiger partial charge in [0.25, 0.3) is 5.43 Å². The van der Waals surface area contributed by atoms with E-state index in [1.807, 2.05) is 30.3 Å². The minimum atomic E-state index is -0.337. The Labute approximate surface area is 117 Å². The van der Waals surface area contributed by atoms with Crippen molar-refractivity contribution in [3.63, 3.8) is 0 Å². The van der Waals surface area contributed by atoms with Crippen LogP contribution in [0.25, 0.3) is 11.1 Å². The molecule has 2 rings (SSSR count). The Kier molecular flexibility index (Phi) is 4.25. The molecule has 0 aliphatic rings. The topological polar surface area (TPSA) is 44.8 Å². The SMILES string of the molecule is COc1ccc(-c2ccccc2)c(OC)c(=O)c1OC. The molecule has 0 unspecified atom stereocenters. The van der Waals surface area contributed by atoms with Crippen LogP contribution in [0.2, 0.25) is 0 Å². The summed E-state index contributed by atoms with van der Waals surface area (Å²) in [5.41, 5.74) is 1.25. The molecule has 20 heavy (non-hydrogen) atoms. The highest BCUT2D eigenvalue weighted by Gasteiger charge is 2.16. The fourth-order valence-corrected chi connectivity index (χ4v) is 2.05. The number of methoxy groups -OCH3 is 3. The maximum atomic E-state index is 12.5. The van der Waals surface area contributed by atoms with E-state index in [-0.39, 0.29) is 16.9 Å². The van der Waals surface area contributed by atoms with E-state index in [2.05, 4.69) is 0 Å². The van der Waals surface area contributed by atoms with Crippen LogP contribution in [0.15, 0.2) is 47.3 Å². The van der Waals surface area contributed by atoms with Crippen molar-refractivity contribution < 1.29 is 14.2 Å². The predicted molar refractivity (Wildman–Crippen MR) is 77.8 cm³/mol. The Hall–Kier alpha value is -2.49. The van der Waals surface area contributed by atoms with E-state index in [1.165, 1.54) is 21.3 Å². The normalized spacial score (nSPS) is 9.95. The lowest BCUT2D eigenvalue weighted by Crippen LogP contribution is -2.07. The fraction of sp³-hybridized carbons (Fsp3) is 0.188. The first kappa shape index (κ1) is 13.9. The zero-order valence-corrected chi connectivity index (χ0v) is 11.7. The zero-order valence-electron chi connectivity index (χ0n) is 11.7. The summed E-state index contributed by atoms with van der Waals surface area (Å²) in [5.74, 6) is 0.737. The van der Waals surface area contributed by atoms with Crippen LogP contribution >= 0.6 is 0 Å². The second-order valence-electron chi connectivity index (χ2n) is 4.08. The average Bonchev–Trinajstić information content (AvgIpc) is 2.63. The van der Waals surface area contributed by atoms with Gasteiger partial charge >= 0.3 is 0 Å². The van der Waals surface area contributed by atoms with Gasteiger partial charge in [-0.15, -0.1) is 0 Å². The maximum Gasteiger partial charge on any atom is 0.266 e. The van der Waals surface area contributed by atoms with Crippen LogP contribution in [-0.4, -0.2) is 21.3 Å². The number of rotatable bonds is 4. The summed E-state index contributed by atoms with van der Waals surface area (Å²) in [6, 6.07) is 13.0. The molecule has 2 aromatic carbocycles. The summed E-state index contributed by atoms with van der Waals surface area (Å²) in [7, 11) is 4.39. The first-order valence-corrected chi connectivity index (χ1v) is 6.11. The molecular weight excluding hydrogens is 256 g/mol. The van der Waals surface area contributed by atoms with Crippen molar-refractivity contribution in [2.45, 2.75) is 0 Å². The highest BCUT2D eigenvalue weighted by atomic mass is 16.5. The number of hydrogen-bond donors (Lipinski definition) is 0. The molecule has 0 atom stereocenters. The van der Waals surface area contributed by atoms with Gasteiger partial charge < -0.3 is 14.2 Å². The number of hydrogen-bond acceptors (Lipinski definition) is 4. The molecule has 104 valence electrons. The van der Waals surface area contributed by atoms with Gasteiger partial charge in [0, 0.05) is 5.56 Å². The second-order valence-corrected chi connectivity index (χ2v) is 4.08. The van der Waals surface area contributed by atoms with Crippen molar-refractivity contribution in [1.29, 1.82) is 0 Å². The highest BCUT2D eigenvalue weighted by Crippen LogP contribution is 2.31. The average molecular weight is 272 g/mol. The van der Waals surface area contributed by atoms with E-state index in [0.717, 1.165) is 5.56 Å². The van der Waals surface area contributed by atoms with Gasteiger partial charge in [0.15, 0.2) is 11.5 Å². The molecule has 0 saturated carbocycles. The largest absolute Gasteiger partial charge is 0.493 e. The van der Waals surface area contributed by atoms with Crippen molar-refractivity contribution in [2.24, 2.45) is 0 Å². The molecule has 0 heterocycles. The molecule has 0 aliphatic heterocycles. The number of ether oxygens (including phenoxy) is 3. The molecule has 4 nitrogen and oxygen atoms in total. The van der Waals surface area contributed by atoms with Gasteiger partial charge in [0.2, 0.25) is 5.75 Å². The van der Waals surface area contributed by atoms with Crippen molar-refractivity contribution in [2.75, 3.05) is 21.3 Å². The first-order valence-electron chi connectivity index (χ1n) is 6.11. The van der Waals surface area contributed by atoms with Crippen molar-refractivity contribution in [3.8, 4) is 28.4 Å². The van der Waals surface area contributed by atoms with Gasteiger partial charge in [-0.05, 0) is 17.7 Å². The molecule has 0 bridgehead atoms. The van der Waals surface area contributed by atoms with Crippen LogP contribution in [0.1, 0.15) is 0 Å². The van der Waals surface area contributed by atoms with Crippen LogP contribution in [0.3, 0.4) is 0 Å². The van der Waals surface area contributed by atoms with E-state index in [1.54, 1.807) is 12.1 Å². The lowest BCUT2D eigenvalue weighted by molar-refractivity contribution is 0.349. The van der Waals surface area contributed by atoms with E-state index in [9.17, 15) is 4.79 Å². The third-order valence-electron chi connectivity index (χ3n) is 3.00. The van der Waals surface area contributed by atoms with Gasteiger partial charge in [0.1, 0.15) is 0 Å². The Morgan fingerprint density at radius 1 is 0.750 bits per heavy atom. The maximum absolute atomic E-state index is 12.5. The van der Waals surface area contributed by atoms with Crippen LogP contribution in [0.4, 0.5) is 0 Å². The first-order chi connectivity index (χ1) is 9.72. The summed E-state index contributed by atoms with van der Waals surface area (Å²) < 4.78 is 15.6. The van der Waals surface area contributed by atoms with Crippen molar-refractivity contribution >= 4 is 0 Å². The minimum absolute atomic E-state index is 0.131. The van der Waals surface area contributed by atoms with Crippen molar-refractivity contribution in [3.05, 3.63) is 52.7 Å². The molecule has 0 N–H and O–H groups in total. The Morgan fingerprint density at radius 3 is 1.95 bits per heavy atom. The highest BCUT2D eigenvalue weighted by molar-refractivity contribution is 5.71. The van der Waals surface area contributed by atoms with Crippen molar-refractivity contribution in [1.82, 2.24) is 0 Å². The predicted octanol–water partition coefficient (Wildman–Crippen LogP) is 2.74. The molecule has 0 aromatic heterocycles. The van der Waals surface area contributed by atoms with Gasteiger partial charge in [-0.3, -0.25) is 4.79 Å². The number of benzene rings is 1.